The van der Waals surface area contributed by atoms with E-state index in [-0.39, 0.29) is 6.09 Å². The number of likely N-dealkylation sites (tertiary alicyclic amines) is 1. The summed E-state index contributed by atoms with van der Waals surface area (Å²) in [5.74, 6) is 2.39. The number of carbonyl (C=O) groups is 1. The second kappa shape index (κ2) is 9.94. The highest BCUT2D eigenvalue weighted by molar-refractivity contribution is 5.77. The maximum absolute atomic E-state index is 12.5. The van der Waals surface area contributed by atoms with Crippen LogP contribution in [-0.2, 0) is 10.2 Å². The molecule has 0 N–H and O–H groups in total. The summed E-state index contributed by atoms with van der Waals surface area (Å²) in [5.41, 5.74) is 0.770. The van der Waals surface area contributed by atoms with E-state index in [0.29, 0.717) is 43.3 Å². The summed E-state index contributed by atoms with van der Waals surface area (Å²) >= 11 is 0. The van der Waals surface area contributed by atoms with E-state index in [1.807, 2.05) is 69.3 Å². The smallest absolute Gasteiger partial charge is 0.410 e. The van der Waals surface area contributed by atoms with Crippen molar-refractivity contribution < 1.29 is 23.4 Å². The van der Waals surface area contributed by atoms with Crippen molar-refractivity contribution >= 4 is 6.09 Å². The van der Waals surface area contributed by atoms with Crippen LogP contribution in [0.3, 0.4) is 0 Å². The molecule has 2 heterocycles. The highest BCUT2D eigenvalue weighted by atomic mass is 16.6. The van der Waals surface area contributed by atoms with Crippen LogP contribution in [0.5, 0.6) is 11.5 Å². The fraction of sp³-hybridized carbons (Fsp3) is 0.393. The lowest BCUT2D eigenvalue weighted by Gasteiger charge is -2.36. The first-order valence-corrected chi connectivity index (χ1v) is 11.9. The van der Waals surface area contributed by atoms with E-state index in [0.717, 1.165) is 22.6 Å². The van der Waals surface area contributed by atoms with Crippen LogP contribution in [0.4, 0.5) is 4.79 Å². The van der Waals surface area contributed by atoms with Crippen LogP contribution >= 0.6 is 0 Å². The molecule has 36 heavy (non-hydrogen) atoms. The van der Waals surface area contributed by atoms with Gasteiger partial charge in [0.2, 0.25) is 5.89 Å². The molecule has 4 rings (SSSR count). The molecule has 1 aromatic heterocycles. The van der Waals surface area contributed by atoms with Crippen LogP contribution < -0.4 is 9.47 Å². The van der Waals surface area contributed by atoms with Crippen LogP contribution in [0.1, 0.15) is 39.5 Å². The minimum absolute atomic E-state index is 0.352. The number of ether oxygens (including phenoxy) is 3. The number of rotatable bonds is 5. The number of oxazole rings is 1. The summed E-state index contributed by atoms with van der Waals surface area (Å²) in [6, 6.07) is 17.5. The Morgan fingerprint density at radius 3 is 1.97 bits per heavy atom. The monoisotopic (exact) mass is 489 g/mol. The molecule has 0 saturated carbocycles. The lowest BCUT2D eigenvalue weighted by atomic mass is 9.79. The molecule has 0 spiro atoms. The van der Waals surface area contributed by atoms with E-state index in [1.165, 1.54) is 0 Å². The Bertz CT molecular complexity index is 1180. The fourth-order valence-electron chi connectivity index (χ4n) is 4.18. The number of piperidine rings is 1. The largest absolute Gasteiger partial charge is 0.497 e. The summed E-state index contributed by atoms with van der Waals surface area (Å²) in [6.45, 7) is 6.26. The van der Waals surface area contributed by atoms with Gasteiger partial charge in [-0.15, -0.1) is 0 Å². The molecule has 0 atom stereocenters. The number of aromatic nitrogens is 1. The Balaban J connectivity index is 1.69. The first kappa shape index (κ1) is 25.1. The summed E-state index contributed by atoms with van der Waals surface area (Å²) in [4.78, 5) is 19.0. The van der Waals surface area contributed by atoms with E-state index in [9.17, 15) is 10.1 Å². The van der Waals surface area contributed by atoms with E-state index in [1.54, 1.807) is 19.1 Å². The van der Waals surface area contributed by atoms with Gasteiger partial charge in [-0.2, -0.15) is 5.26 Å². The predicted octanol–water partition coefficient (Wildman–Crippen LogP) is 5.82. The summed E-state index contributed by atoms with van der Waals surface area (Å²) < 4.78 is 22.4. The number of methoxy groups -OCH3 is 2. The molecule has 0 aliphatic carbocycles. The molecule has 188 valence electrons. The molecule has 3 aromatic rings. The standard InChI is InChI=1S/C28H31N3O5/c1-27(2,3)36-26(32)31-16-14-28(18-29,15-17-31)25-30-23(19-6-10-21(33-4)11-7-19)24(35-25)20-8-12-22(34-5)13-9-20/h6-13H,14-17H2,1-5H3. The van der Waals surface area contributed by atoms with Crippen molar-refractivity contribution in [3.05, 3.63) is 54.4 Å². The van der Waals surface area contributed by atoms with Gasteiger partial charge >= 0.3 is 6.09 Å². The van der Waals surface area contributed by atoms with E-state index in [2.05, 4.69) is 6.07 Å². The number of nitriles is 1. The van der Waals surface area contributed by atoms with Crippen molar-refractivity contribution in [3.8, 4) is 40.1 Å². The molecule has 8 heteroatoms. The van der Waals surface area contributed by atoms with E-state index in [4.69, 9.17) is 23.6 Å². The molecule has 1 amide bonds. The van der Waals surface area contributed by atoms with Crippen molar-refractivity contribution in [2.45, 2.75) is 44.6 Å². The quantitative estimate of drug-likeness (QED) is 0.445. The number of nitrogens with zero attached hydrogens (tertiary/aromatic N) is 3. The topological polar surface area (TPSA) is 97.8 Å². The summed E-state index contributed by atoms with van der Waals surface area (Å²) in [6.07, 6.45) is 0.417. The number of carbonyl (C=O) groups excluding carboxylic acids is 1. The van der Waals surface area contributed by atoms with Crippen molar-refractivity contribution in [3.63, 3.8) is 0 Å². The van der Waals surface area contributed by atoms with Crippen LogP contribution in [0.15, 0.2) is 52.9 Å². The summed E-state index contributed by atoms with van der Waals surface area (Å²) in [7, 11) is 3.23. The minimum Gasteiger partial charge on any atom is -0.497 e. The normalized spacial score (nSPS) is 15.2. The Kier molecular flexibility index (Phi) is 6.93. The molecule has 8 nitrogen and oxygen atoms in total. The Hall–Kier alpha value is -3.99. The molecule has 2 aromatic carbocycles. The minimum atomic E-state index is -0.954. The molecule has 0 bridgehead atoms. The third-order valence-corrected chi connectivity index (χ3v) is 6.23. The molecule has 0 unspecified atom stereocenters. The zero-order valence-electron chi connectivity index (χ0n) is 21.3. The first-order chi connectivity index (χ1) is 17.2. The predicted molar refractivity (Wildman–Crippen MR) is 135 cm³/mol. The highest BCUT2D eigenvalue weighted by Crippen LogP contribution is 2.41. The van der Waals surface area contributed by atoms with Gasteiger partial charge in [-0.05, 0) is 82.1 Å². The van der Waals surface area contributed by atoms with Crippen molar-refractivity contribution in [2.75, 3.05) is 27.3 Å². The third-order valence-electron chi connectivity index (χ3n) is 6.23. The van der Waals surface area contributed by atoms with Gasteiger partial charge in [0.1, 0.15) is 28.2 Å². The van der Waals surface area contributed by atoms with Crippen molar-refractivity contribution in [2.24, 2.45) is 0 Å². The Morgan fingerprint density at radius 1 is 0.972 bits per heavy atom. The zero-order valence-corrected chi connectivity index (χ0v) is 21.3. The van der Waals surface area contributed by atoms with Gasteiger partial charge in [0, 0.05) is 24.2 Å². The van der Waals surface area contributed by atoms with Crippen LogP contribution in [0, 0.1) is 11.3 Å². The molecule has 0 radical (unpaired) electrons. The number of amides is 1. The molecule has 1 saturated heterocycles. The second-order valence-corrected chi connectivity index (χ2v) is 9.82. The fourth-order valence-corrected chi connectivity index (χ4v) is 4.18. The van der Waals surface area contributed by atoms with Crippen LogP contribution in [0.2, 0.25) is 0 Å². The lowest BCUT2D eigenvalue weighted by molar-refractivity contribution is 0.0176. The highest BCUT2D eigenvalue weighted by Gasteiger charge is 2.43. The van der Waals surface area contributed by atoms with Gasteiger partial charge in [0.05, 0.1) is 20.3 Å². The summed E-state index contributed by atoms with van der Waals surface area (Å²) in [5, 5.41) is 10.3. The first-order valence-electron chi connectivity index (χ1n) is 11.9. The molecule has 1 fully saturated rings. The average Bonchev–Trinajstić information content (AvgIpc) is 3.34. The van der Waals surface area contributed by atoms with Crippen LogP contribution in [-0.4, -0.2) is 48.9 Å². The van der Waals surface area contributed by atoms with Gasteiger partial charge in [-0.3, -0.25) is 0 Å². The maximum Gasteiger partial charge on any atom is 0.410 e. The van der Waals surface area contributed by atoms with Gasteiger partial charge in [-0.25, -0.2) is 9.78 Å². The number of hydrogen-bond acceptors (Lipinski definition) is 7. The molecular formula is C28H31N3O5. The SMILES string of the molecule is COc1ccc(-c2nc(C3(C#N)CCN(C(=O)OC(C)(C)C)CC3)oc2-c2ccc(OC)cc2)cc1. The van der Waals surface area contributed by atoms with Crippen molar-refractivity contribution in [1.29, 1.82) is 5.26 Å². The third kappa shape index (κ3) is 5.15. The Labute approximate surface area is 211 Å². The number of benzene rings is 2. The Morgan fingerprint density at radius 2 is 1.50 bits per heavy atom. The average molecular weight is 490 g/mol. The van der Waals surface area contributed by atoms with Gasteiger partial charge in [0.15, 0.2) is 5.76 Å². The van der Waals surface area contributed by atoms with E-state index < -0.39 is 11.0 Å². The number of hydrogen-bond donors (Lipinski definition) is 0. The van der Waals surface area contributed by atoms with E-state index >= 15 is 0 Å². The van der Waals surface area contributed by atoms with Gasteiger partial charge in [0.25, 0.3) is 0 Å². The molecule has 1 aliphatic rings. The van der Waals surface area contributed by atoms with Gasteiger partial charge < -0.3 is 23.5 Å². The molecular weight excluding hydrogens is 458 g/mol. The lowest BCUT2D eigenvalue weighted by Crippen LogP contribution is -2.46. The maximum atomic E-state index is 12.5. The van der Waals surface area contributed by atoms with Crippen molar-refractivity contribution in [1.82, 2.24) is 9.88 Å². The zero-order chi connectivity index (χ0) is 25.9. The molecule has 1 aliphatic heterocycles. The van der Waals surface area contributed by atoms with Crippen LogP contribution in [0.25, 0.3) is 22.6 Å². The second-order valence-electron chi connectivity index (χ2n) is 9.82. The van der Waals surface area contributed by atoms with Gasteiger partial charge in [-0.1, -0.05) is 0 Å².